The summed E-state index contributed by atoms with van der Waals surface area (Å²) in [7, 11) is 0. The van der Waals surface area contributed by atoms with Gasteiger partial charge in [0.2, 0.25) is 0 Å². The number of likely N-dealkylation sites (tertiary alicyclic amines) is 1. The van der Waals surface area contributed by atoms with Crippen LogP contribution in [0.4, 0.5) is 0 Å². The Hall–Kier alpha value is -0.0800. The van der Waals surface area contributed by atoms with E-state index in [4.69, 9.17) is 5.73 Å². The number of nitrogens with zero attached hydrogens (tertiary/aromatic N) is 1. The lowest BCUT2D eigenvalue weighted by Crippen LogP contribution is -2.61. The second-order valence-corrected chi connectivity index (χ2v) is 8.33. The lowest BCUT2D eigenvalue weighted by molar-refractivity contribution is -0.0127. The summed E-state index contributed by atoms with van der Waals surface area (Å²) in [6, 6.07) is 0. The minimum absolute atomic E-state index is 0.304. The molecule has 2 fully saturated rings. The summed E-state index contributed by atoms with van der Waals surface area (Å²) in [6.07, 6.45) is 9.68. The zero-order chi connectivity index (χ0) is 15.5. The van der Waals surface area contributed by atoms with E-state index in [1.807, 2.05) is 0 Å². The largest absolute Gasteiger partial charge is 0.329 e. The summed E-state index contributed by atoms with van der Waals surface area (Å²) in [4.78, 5) is 2.83. The van der Waals surface area contributed by atoms with Crippen molar-refractivity contribution in [2.75, 3.05) is 19.6 Å². The highest BCUT2D eigenvalue weighted by atomic mass is 15.2. The van der Waals surface area contributed by atoms with E-state index in [9.17, 15) is 0 Å². The molecule has 2 aliphatic rings. The first-order chi connectivity index (χ1) is 10.0. The van der Waals surface area contributed by atoms with Crippen LogP contribution in [0.15, 0.2) is 0 Å². The van der Waals surface area contributed by atoms with E-state index >= 15 is 0 Å². The third-order valence-electron chi connectivity index (χ3n) is 6.57. The van der Waals surface area contributed by atoms with Crippen molar-refractivity contribution in [3.05, 3.63) is 0 Å². The Morgan fingerprint density at radius 2 is 1.71 bits per heavy atom. The maximum Gasteiger partial charge on any atom is 0.0362 e. The van der Waals surface area contributed by atoms with Crippen LogP contribution in [0.2, 0.25) is 0 Å². The van der Waals surface area contributed by atoms with Crippen molar-refractivity contribution in [2.45, 2.75) is 78.2 Å². The van der Waals surface area contributed by atoms with Gasteiger partial charge in [0.05, 0.1) is 0 Å². The number of nitrogens with two attached hydrogens (primary N) is 1. The lowest BCUT2D eigenvalue weighted by Gasteiger charge is -2.52. The van der Waals surface area contributed by atoms with Crippen LogP contribution in [0.3, 0.4) is 0 Å². The second kappa shape index (κ2) is 7.46. The molecule has 0 aromatic rings. The Bertz CT molecular complexity index is 313. The number of rotatable bonds is 4. The minimum Gasteiger partial charge on any atom is -0.329 e. The molecule has 124 valence electrons. The topological polar surface area (TPSA) is 29.3 Å². The molecule has 2 rings (SSSR count). The molecule has 0 aromatic carbocycles. The summed E-state index contributed by atoms with van der Waals surface area (Å²) in [6.45, 7) is 13.0. The molecule has 2 N–H and O–H groups in total. The summed E-state index contributed by atoms with van der Waals surface area (Å²) in [5.74, 6) is 3.32. The van der Waals surface area contributed by atoms with Crippen molar-refractivity contribution in [2.24, 2.45) is 29.4 Å². The Morgan fingerprint density at radius 3 is 2.33 bits per heavy atom. The fourth-order valence-corrected chi connectivity index (χ4v) is 5.21. The molecule has 0 bridgehead atoms. The Morgan fingerprint density at radius 1 is 0.952 bits per heavy atom. The summed E-state index contributed by atoms with van der Waals surface area (Å²) in [5.41, 5.74) is 6.70. The molecule has 1 heterocycles. The maximum absolute atomic E-state index is 6.40. The summed E-state index contributed by atoms with van der Waals surface area (Å²) < 4.78 is 0. The highest BCUT2D eigenvalue weighted by Crippen LogP contribution is 2.43. The van der Waals surface area contributed by atoms with E-state index in [1.54, 1.807) is 0 Å². The highest BCUT2D eigenvalue weighted by molar-refractivity contribution is 5.01. The fraction of sp³-hybridized carbons (Fsp3) is 1.00. The van der Waals surface area contributed by atoms with Gasteiger partial charge in [-0.2, -0.15) is 0 Å². The van der Waals surface area contributed by atoms with Gasteiger partial charge >= 0.3 is 0 Å². The normalized spacial score (nSPS) is 36.1. The monoisotopic (exact) mass is 294 g/mol. The lowest BCUT2D eigenvalue weighted by atomic mass is 9.66. The molecule has 0 amide bonds. The van der Waals surface area contributed by atoms with Crippen LogP contribution in [-0.4, -0.2) is 30.1 Å². The molecule has 0 radical (unpaired) electrons. The second-order valence-electron chi connectivity index (χ2n) is 8.33. The van der Waals surface area contributed by atoms with E-state index in [2.05, 4.69) is 32.6 Å². The average molecular weight is 295 g/mol. The predicted octanol–water partition coefficient (Wildman–Crippen LogP) is 4.29. The van der Waals surface area contributed by atoms with Gasteiger partial charge in [-0.15, -0.1) is 0 Å². The molecule has 1 aliphatic carbocycles. The van der Waals surface area contributed by atoms with Crippen molar-refractivity contribution in [1.29, 1.82) is 0 Å². The highest BCUT2D eigenvalue weighted by Gasteiger charge is 2.45. The van der Waals surface area contributed by atoms with Gasteiger partial charge in [-0.05, 0) is 68.9 Å². The van der Waals surface area contributed by atoms with Gasteiger partial charge in [0, 0.05) is 12.1 Å². The van der Waals surface area contributed by atoms with Crippen molar-refractivity contribution in [1.82, 2.24) is 4.90 Å². The van der Waals surface area contributed by atoms with E-state index in [1.165, 1.54) is 58.0 Å². The van der Waals surface area contributed by atoms with Crippen molar-refractivity contribution >= 4 is 0 Å². The van der Waals surface area contributed by atoms with Gasteiger partial charge < -0.3 is 5.73 Å². The molecule has 1 saturated carbocycles. The molecule has 0 aromatic heterocycles. The molecule has 1 saturated heterocycles. The Kier molecular flexibility index (Phi) is 6.14. The molecular weight excluding hydrogens is 256 g/mol. The Balaban J connectivity index is 2.14. The first kappa shape index (κ1) is 17.3. The van der Waals surface area contributed by atoms with Gasteiger partial charge in [-0.1, -0.05) is 40.5 Å². The van der Waals surface area contributed by atoms with Crippen LogP contribution < -0.4 is 5.73 Å². The molecule has 2 nitrogen and oxygen atoms in total. The van der Waals surface area contributed by atoms with Gasteiger partial charge in [-0.3, -0.25) is 4.90 Å². The van der Waals surface area contributed by atoms with E-state index < -0.39 is 0 Å². The molecular formula is C19H38N2. The first-order valence-corrected chi connectivity index (χ1v) is 9.46. The smallest absolute Gasteiger partial charge is 0.0362 e. The minimum atomic E-state index is 0.304. The maximum atomic E-state index is 6.40. The van der Waals surface area contributed by atoms with Crippen LogP contribution >= 0.6 is 0 Å². The SMILES string of the molecule is CC(C)C1CCCN(C2(CN)CCCCC2C(C)C)CC1. The van der Waals surface area contributed by atoms with E-state index in [0.29, 0.717) is 5.54 Å². The molecule has 3 unspecified atom stereocenters. The molecule has 1 aliphatic heterocycles. The van der Waals surface area contributed by atoms with Crippen LogP contribution in [0.5, 0.6) is 0 Å². The first-order valence-electron chi connectivity index (χ1n) is 9.46. The molecule has 2 heteroatoms. The van der Waals surface area contributed by atoms with Gasteiger partial charge in [0.15, 0.2) is 0 Å². The molecule has 3 atom stereocenters. The van der Waals surface area contributed by atoms with Gasteiger partial charge in [-0.25, -0.2) is 0 Å². The standard InChI is InChI=1S/C19H38N2/c1-15(2)17-8-7-12-21(13-10-17)19(14-20)11-6-5-9-18(19)16(3)4/h15-18H,5-14,20H2,1-4H3. The zero-order valence-electron chi connectivity index (χ0n) is 14.9. The van der Waals surface area contributed by atoms with Gasteiger partial charge in [0.25, 0.3) is 0 Å². The van der Waals surface area contributed by atoms with Crippen LogP contribution in [0.25, 0.3) is 0 Å². The number of hydrogen-bond acceptors (Lipinski definition) is 2. The van der Waals surface area contributed by atoms with Crippen LogP contribution in [-0.2, 0) is 0 Å². The fourth-order valence-electron chi connectivity index (χ4n) is 5.21. The van der Waals surface area contributed by atoms with E-state index in [-0.39, 0.29) is 0 Å². The molecule has 21 heavy (non-hydrogen) atoms. The molecule has 0 spiro atoms. The van der Waals surface area contributed by atoms with Crippen LogP contribution in [0.1, 0.15) is 72.6 Å². The van der Waals surface area contributed by atoms with Crippen LogP contribution in [0, 0.1) is 23.7 Å². The average Bonchev–Trinajstić information content (AvgIpc) is 2.73. The summed E-state index contributed by atoms with van der Waals surface area (Å²) >= 11 is 0. The van der Waals surface area contributed by atoms with Gasteiger partial charge in [0.1, 0.15) is 0 Å². The van der Waals surface area contributed by atoms with Crippen molar-refractivity contribution < 1.29 is 0 Å². The zero-order valence-corrected chi connectivity index (χ0v) is 14.9. The third kappa shape index (κ3) is 3.64. The van der Waals surface area contributed by atoms with Crippen molar-refractivity contribution in [3.8, 4) is 0 Å². The predicted molar refractivity (Wildman–Crippen MR) is 92.3 cm³/mol. The number of hydrogen-bond donors (Lipinski definition) is 1. The third-order valence-corrected chi connectivity index (χ3v) is 6.57. The van der Waals surface area contributed by atoms with E-state index in [0.717, 1.165) is 30.2 Å². The van der Waals surface area contributed by atoms with Crippen molar-refractivity contribution in [3.63, 3.8) is 0 Å². The Labute approximate surface area is 132 Å². The quantitative estimate of drug-likeness (QED) is 0.838. The summed E-state index contributed by atoms with van der Waals surface area (Å²) in [5, 5.41) is 0.